The fourth-order valence-corrected chi connectivity index (χ4v) is 4.16. The van der Waals surface area contributed by atoms with Crippen LogP contribution in [0.2, 0.25) is 0 Å². The molecule has 2 aromatic rings. The van der Waals surface area contributed by atoms with E-state index in [1.807, 2.05) is 4.90 Å². The highest BCUT2D eigenvalue weighted by molar-refractivity contribution is 5.94. The number of piperazine rings is 1. The Bertz CT molecular complexity index is 986. The van der Waals surface area contributed by atoms with Crippen molar-refractivity contribution in [3.05, 3.63) is 71.3 Å². The van der Waals surface area contributed by atoms with Gasteiger partial charge in [0.1, 0.15) is 17.7 Å². The second-order valence-electron chi connectivity index (χ2n) is 8.55. The van der Waals surface area contributed by atoms with Crippen molar-refractivity contribution in [2.75, 3.05) is 32.7 Å². The predicted molar refractivity (Wildman–Crippen MR) is 114 cm³/mol. The van der Waals surface area contributed by atoms with E-state index >= 15 is 0 Å². The van der Waals surface area contributed by atoms with Crippen molar-refractivity contribution in [2.45, 2.75) is 24.8 Å². The largest absolute Gasteiger partial charge is 0.348 e. The summed E-state index contributed by atoms with van der Waals surface area (Å²) in [7, 11) is 0. The van der Waals surface area contributed by atoms with Crippen molar-refractivity contribution in [2.24, 2.45) is 5.92 Å². The maximum atomic E-state index is 14.1. The lowest BCUT2D eigenvalue weighted by atomic mass is 10.0. The third-order valence-corrected chi connectivity index (χ3v) is 6.11. The average molecular weight is 463 g/mol. The van der Waals surface area contributed by atoms with Gasteiger partial charge in [-0.05, 0) is 30.5 Å². The molecule has 0 radical (unpaired) electrons. The van der Waals surface area contributed by atoms with Gasteiger partial charge in [-0.15, -0.1) is 0 Å². The summed E-state index contributed by atoms with van der Waals surface area (Å²) in [5.41, 5.74) is 0.581. The minimum Gasteiger partial charge on any atom is -0.348 e. The van der Waals surface area contributed by atoms with Crippen LogP contribution in [0.25, 0.3) is 0 Å². The van der Waals surface area contributed by atoms with E-state index in [1.54, 1.807) is 30.3 Å². The number of nitrogens with one attached hydrogen (secondary N) is 1. The van der Waals surface area contributed by atoms with Gasteiger partial charge in [-0.3, -0.25) is 14.5 Å². The van der Waals surface area contributed by atoms with Crippen LogP contribution in [0.4, 0.5) is 17.6 Å². The summed E-state index contributed by atoms with van der Waals surface area (Å²) in [4.78, 5) is 29.0. The van der Waals surface area contributed by atoms with Crippen LogP contribution in [0.5, 0.6) is 0 Å². The molecule has 176 valence electrons. The van der Waals surface area contributed by atoms with E-state index in [4.69, 9.17) is 0 Å². The smallest absolute Gasteiger partial charge is 0.267 e. The molecule has 1 heterocycles. The van der Waals surface area contributed by atoms with Crippen LogP contribution >= 0.6 is 0 Å². The highest BCUT2D eigenvalue weighted by atomic mass is 19.3. The molecule has 5 nitrogen and oxygen atoms in total. The molecule has 2 fully saturated rings. The van der Waals surface area contributed by atoms with Crippen LogP contribution in [0.1, 0.15) is 34.8 Å². The summed E-state index contributed by atoms with van der Waals surface area (Å²) in [6, 6.07) is 10.7. The molecular formula is C24H25F4N3O2. The number of rotatable bonds is 7. The molecule has 9 heteroatoms. The Balaban J connectivity index is 1.44. The fourth-order valence-electron chi connectivity index (χ4n) is 4.16. The Hall–Kier alpha value is -2.94. The lowest BCUT2D eigenvalue weighted by molar-refractivity contribution is -0.129. The first-order valence-corrected chi connectivity index (χ1v) is 10.9. The number of hydrogen-bond donors (Lipinski definition) is 1. The SMILES string of the molecule is O=C(NCC(F)(F)C1CC1)[C@@H](c1ccccc1)N1CCN(C(=O)c2cc(F)cc(F)c2)CC1. The first-order chi connectivity index (χ1) is 15.7. The van der Waals surface area contributed by atoms with E-state index in [9.17, 15) is 27.2 Å². The zero-order valence-corrected chi connectivity index (χ0v) is 17.9. The third kappa shape index (κ3) is 5.52. The summed E-state index contributed by atoms with van der Waals surface area (Å²) >= 11 is 0. The molecule has 1 saturated heterocycles. The van der Waals surface area contributed by atoms with E-state index in [1.165, 1.54) is 4.90 Å². The van der Waals surface area contributed by atoms with E-state index < -0.39 is 47.9 Å². The molecule has 4 rings (SSSR count). The monoisotopic (exact) mass is 463 g/mol. The maximum Gasteiger partial charge on any atom is 0.267 e. The van der Waals surface area contributed by atoms with Gasteiger partial charge in [0, 0.05) is 43.7 Å². The van der Waals surface area contributed by atoms with E-state index in [0.29, 0.717) is 37.6 Å². The van der Waals surface area contributed by atoms with Crippen LogP contribution in [-0.4, -0.2) is 60.3 Å². The van der Waals surface area contributed by atoms with Crippen LogP contribution in [0, 0.1) is 17.6 Å². The molecule has 0 aromatic heterocycles. The Labute approximate surface area is 189 Å². The Morgan fingerprint density at radius 1 is 0.970 bits per heavy atom. The van der Waals surface area contributed by atoms with Gasteiger partial charge in [-0.25, -0.2) is 17.6 Å². The number of halogens is 4. The topological polar surface area (TPSA) is 52.7 Å². The summed E-state index contributed by atoms with van der Waals surface area (Å²) in [5, 5.41) is 2.42. The highest BCUT2D eigenvalue weighted by Crippen LogP contribution is 2.43. The number of benzene rings is 2. The van der Waals surface area contributed by atoms with Gasteiger partial charge in [0.05, 0.1) is 6.54 Å². The first kappa shape index (κ1) is 23.2. The first-order valence-electron chi connectivity index (χ1n) is 10.9. The van der Waals surface area contributed by atoms with Crippen LogP contribution < -0.4 is 5.32 Å². The fraction of sp³-hybridized carbons (Fsp3) is 0.417. The predicted octanol–water partition coefficient (Wildman–Crippen LogP) is 3.63. The molecule has 2 aromatic carbocycles. The van der Waals surface area contributed by atoms with Crippen molar-refractivity contribution >= 4 is 11.8 Å². The van der Waals surface area contributed by atoms with Gasteiger partial charge in [-0.2, -0.15) is 0 Å². The van der Waals surface area contributed by atoms with Gasteiger partial charge in [0.15, 0.2) is 0 Å². The molecule has 0 bridgehead atoms. The Morgan fingerprint density at radius 3 is 2.15 bits per heavy atom. The molecule has 0 spiro atoms. The summed E-state index contributed by atoms with van der Waals surface area (Å²) in [6.07, 6.45) is 0.937. The quantitative estimate of drug-likeness (QED) is 0.639. The second kappa shape index (κ2) is 9.51. The molecule has 1 atom stereocenters. The molecule has 2 aliphatic rings. The van der Waals surface area contributed by atoms with Crippen LogP contribution in [0.3, 0.4) is 0 Å². The van der Waals surface area contributed by atoms with Crippen molar-refractivity contribution in [1.29, 1.82) is 0 Å². The number of alkyl halides is 2. The minimum absolute atomic E-state index is 0.0828. The number of nitrogens with zero attached hydrogens (tertiary/aromatic N) is 2. The standard InChI is InChI=1S/C24H25F4N3O2/c25-19-12-17(13-20(26)14-19)23(33)31-10-8-30(9-11-31)21(16-4-2-1-3-5-16)22(32)29-15-24(27,28)18-6-7-18/h1-5,12-14,18,21H,6-11,15H2,(H,29,32)/t21-/m1/s1. The van der Waals surface area contributed by atoms with Crippen molar-refractivity contribution < 1.29 is 27.2 Å². The van der Waals surface area contributed by atoms with Gasteiger partial charge < -0.3 is 10.2 Å². The van der Waals surface area contributed by atoms with Gasteiger partial charge >= 0.3 is 0 Å². The summed E-state index contributed by atoms with van der Waals surface area (Å²) < 4.78 is 55.2. The Kier molecular flexibility index (Phi) is 6.69. The zero-order valence-electron chi connectivity index (χ0n) is 17.9. The van der Waals surface area contributed by atoms with Gasteiger partial charge in [-0.1, -0.05) is 30.3 Å². The number of carbonyl (C=O) groups excluding carboxylic acids is 2. The number of carbonyl (C=O) groups is 2. The molecule has 2 amide bonds. The molecule has 1 aliphatic heterocycles. The van der Waals surface area contributed by atoms with E-state index in [2.05, 4.69) is 5.32 Å². The van der Waals surface area contributed by atoms with Crippen molar-refractivity contribution in [3.63, 3.8) is 0 Å². The summed E-state index contributed by atoms with van der Waals surface area (Å²) in [6.45, 7) is 0.353. The number of hydrogen-bond acceptors (Lipinski definition) is 3. The van der Waals surface area contributed by atoms with Crippen LogP contribution in [-0.2, 0) is 4.79 Å². The lowest BCUT2D eigenvalue weighted by Gasteiger charge is -2.39. The lowest BCUT2D eigenvalue weighted by Crippen LogP contribution is -2.53. The van der Waals surface area contributed by atoms with Gasteiger partial charge in [0.2, 0.25) is 5.91 Å². The van der Waals surface area contributed by atoms with Crippen molar-refractivity contribution in [1.82, 2.24) is 15.1 Å². The second-order valence-corrected chi connectivity index (χ2v) is 8.55. The van der Waals surface area contributed by atoms with E-state index in [0.717, 1.165) is 12.1 Å². The Morgan fingerprint density at radius 2 is 1.58 bits per heavy atom. The number of amides is 2. The minimum atomic E-state index is -2.93. The molecular weight excluding hydrogens is 438 g/mol. The highest BCUT2D eigenvalue weighted by Gasteiger charge is 2.47. The summed E-state index contributed by atoms with van der Waals surface area (Å²) in [5.74, 6) is -6.29. The molecule has 1 saturated carbocycles. The van der Waals surface area contributed by atoms with E-state index in [-0.39, 0.29) is 18.7 Å². The molecule has 0 unspecified atom stereocenters. The third-order valence-electron chi connectivity index (χ3n) is 6.11. The molecule has 33 heavy (non-hydrogen) atoms. The molecule has 1 N–H and O–H groups in total. The average Bonchev–Trinajstić information content (AvgIpc) is 3.64. The zero-order chi connectivity index (χ0) is 23.6. The maximum absolute atomic E-state index is 14.1. The molecule has 1 aliphatic carbocycles. The van der Waals surface area contributed by atoms with Crippen LogP contribution in [0.15, 0.2) is 48.5 Å². The normalized spacial score (nSPS) is 18.1. The van der Waals surface area contributed by atoms with Gasteiger partial charge in [0.25, 0.3) is 11.8 Å². The van der Waals surface area contributed by atoms with Crippen molar-refractivity contribution in [3.8, 4) is 0 Å².